The van der Waals surface area contributed by atoms with Gasteiger partial charge in [-0.2, -0.15) is 0 Å². The Kier molecular flexibility index (Phi) is 7.63. The summed E-state index contributed by atoms with van der Waals surface area (Å²) in [6, 6.07) is 21.5. The molecule has 0 aromatic heterocycles. The standard InChI is InChI=1S/C32H35NO5/c1-20(2)38-26-12-8-10-23(18-26)29(34)27-28(22-13-15-24(16-14-22)32(3,4)5)33(31(36)30(27)35)19-21-9-7-11-25(17-21)37-6/h7-18,20,28,34H,19H2,1-6H3/b29-27-. The first-order valence-corrected chi connectivity index (χ1v) is 12.8. The van der Waals surface area contributed by atoms with Crippen LogP contribution in [0.4, 0.5) is 0 Å². The lowest BCUT2D eigenvalue weighted by atomic mass is 9.85. The molecule has 1 saturated heterocycles. The summed E-state index contributed by atoms with van der Waals surface area (Å²) in [6.07, 6.45) is -0.0535. The first kappa shape index (κ1) is 27.0. The maximum atomic E-state index is 13.5. The molecule has 1 heterocycles. The summed E-state index contributed by atoms with van der Waals surface area (Å²) in [5.74, 6) is -0.372. The Morgan fingerprint density at radius 2 is 1.61 bits per heavy atom. The van der Waals surface area contributed by atoms with Gasteiger partial charge in [-0.15, -0.1) is 0 Å². The van der Waals surface area contributed by atoms with Crippen LogP contribution in [0.5, 0.6) is 11.5 Å². The zero-order valence-corrected chi connectivity index (χ0v) is 22.8. The van der Waals surface area contributed by atoms with Crippen LogP contribution in [0, 0.1) is 0 Å². The van der Waals surface area contributed by atoms with Crippen molar-refractivity contribution in [2.45, 2.75) is 58.7 Å². The largest absolute Gasteiger partial charge is 0.507 e. The average molecular weight is 514 g/mol. The van der Waals surface area contributed by atoms with Crippen LogP contribution in [0.3, 0.4) is 0 Å². The number of carbonyl (C=O) groups is 2. The first-order valence-electron chi connectivity index (χ1n) is 12.8. The summed E-state index contributed by atoms with van der Waals surface area (Å²) in [5, 5.41) is 11.5. The van der Waals surface area contributed by atoms with Crippen LogP contribution < -0.4 is 9.47 Å². The molecular weight excluding hydrogens is 478 g/mol. The predicted molar refractivity (Wildman–Crippen MR) is 148 cm³/mol. The van der Waals surface area contributed by atoms with Crippen LogP contribution in [-0.4, -0.2) is 34.9 Å². The SMILES string of the molecule is COc1cccc(CN2C(=O)C(=O)/C(=C(\O)c3cccc(OC(C)C)c3)C2c2ccc(C(C)(C)C)cc2)c1. The lowest BCUT2D eigenvalue weighted by molar-refractivity contribution is -0.140. The third-order valence-corrected chi connectivity index (χ3v) is 6.60. The molecule has 4 rings (SSSR count). The summed E-state index contributed by atoms with van der Waals surface area (Å²) >= 11 is 0. The quantitative estimate of drug-likeness (QED) is 0.225. The Labute approximate surface area is 224 Å². The molecule has 1 unspecified atom stereocenters. The number of benzene rings is 3. The van der Waals surface area contributed by atoms with Crippen LogP contribution >= 0.6 is 0 Å². The molecule has 1 amide bonds. The second-order valence-electron chi connectivity index (χ2n) is 10.8. The molecule has 3 aromatic carbocycles. The van der Waals surface area contributed by atoms with E-state index in [9.17, 15) is 14.7 Å². The van der Waals surface area contributed by atoms with Crippen LogP contribution in [0.25, 0.3) is 5.76 Å². The van der Waals surface area contributed by atoms with Crippen LogP contribution in [0.1, 0.15) is 62.9 Å². The highest BCUT2D eigenvalue weighted by atomic mass is 16.5. The van der Waals surface area contributed by atoms with E-state index in [4.69, 9.17) is 9.47 Å². The van der Waals surface area contributed by atoms with Gasteiger partial charge in [0.05, 0.1) is 24.8 Å². The van der Waals surface area contributed by atoms with Crippen molar-refractivity contribution in [3.05, 3.63) is 101 Å². The zero-order valence-electron chi connectivity index (χ0n) is 22.8. The molecule has 6 heteroatoms. The summed E-state index contributed by atoms with van der Waals surface area (Å²) < 4.78 is 11.1. The number of ether oxygens (including phenoxy) is 2. The van der Waals surface area contributed by atoms with Crippen molar-refractivity contribution in [2.24, 2.45) is 0 Å². The molecule has 0 saturated carbocycles. The van der Waals surface area contributed by atoms with E-state index < -0.39 is 17.7 Å². The molecule has 38 heavy (non-hydrogen) atoms. The van der Waals surface area contributed by atoms with Crippen molar-refractivity contribution in [2.75, 3.05) is 7.11 Å². The fraction of sp³-hybridized carbons (Fsp3) is 0.312. The second-order valence-corrected chi connectivity index (χ2v) is 10.8. The number of Topliss-reactive ketones (excluding diaryl/α,β-unsaturated/α-hetero) is 1. The van der Waals surface area contributed by atoms with Gasteiger partial charge < -0.3 is 19.5 Å². The van der Waals surface area contributed by atoms with E-state index >= 15 is 0 Å². The van der Waals surface area contributed by atoms with Crippen LogP contribution in [0.15, 0.2) is 78.4 Å². The van der Waals surface area contributed by atoms with Crippen molar-refractivity contribution in [3.63, 3.8) is 0 Å². The number of nitrogens with zero attached hydrogens (tertiary/aromatic N) is 1. The lowest BCUT2D eigenvalue weighted by Crippen LogP contribution is -2.29. The molecule has 0 bridgehead atoms. The molecule has 198 valence electrons. The van der Waals surface area contributed by atoms with E-state index in [0.717, 1.165) is 16.7 Å². The van der Waals surface area contributed by atoms with Crippen molar-refractivity contribution in [1.29, 1.82) is 0 Å². The average Bonchev–Trinajstić information content (AvgIpc) is 3.12. The Morgan fingerprint density at radius 3 is 2.24 bits per heavy atom. The van der Waals surface area contributed by atoms with E-state index in [1.807, 2.05) is 62.4 Å². The van der Waals surface area contributed by atoms with E-state index in [1.165, 1.54) is 4.90 Å². The number of amides is 1. The van der Waals surface area contributed by atoms with Crippen molar-refractivity contribution >= 4 is 17.4 Å². The van der Waals surface area contributed by atoms with Gasteiger partial charge >= 0.3 is 0 Å². The van der Waals surface area contributed by atoms with Gasteiger partial charge in [0.1, 0.15) is 17.3 Å². The van der Waals surface area contributed by atoms with Gasteiger partial charge in [-0.05, 0) is 60.2 Å². The highest BCUT2D eigenvalue weighted by molar-refractivity contribution is 6.46. The number of aliphatic hydroxyl groups is 1. The number of rotatable bonds is 7. The first-order chi connectivity index (χ1) is 18.0. The van der Waals surface area contributed by atoms with Gasteiger partial charge in [-0.25, -0.2) is 0 Å². The lowest BCUT2D eigenvalue weighted by Gasteiger charge is -2.27. The molecule has 1 N–H and O–H groups in total. The summed E-state index contributed by atoms with van der Waals surface area (Å²) in [5.41, 5.74) is 3.11. The molecule has 1 fully saturated rings. The maximum Gasteiger partial charge on any atom is 0.295 e. The Hall–Kier alpha value is -4.06. The minimum atomic E-state index is -0.759. The molecule has 6 nitrogen and oxygen atoms in total. The van der Waals surface area contributed by atoms with E-state index in [1.54, 1.807) is 31.4 Å². The summed E-state index contributed by atoms with van der Waals surface area (Å²) in [7, 11) is 1.58. The molecule has 1 aliphatic rings. The fourth-order valence-electron chi connectivity index (χ4n) is 4.67. The van der Waals surface area contributed by atoms with E-state index in [0.29, 0.717) is 17.1 Å². The highest BCUT2D eigenvalue weighted by Crippen LogP contribution is 2.41. The molecule has 3 aromatic rings. The number of carbonyl (C=O) groups excluding carboxylic acids is 2. The van der Waals surface area contributed by atoms with Gasteiger partial charge in [-0.1, -0.05) is 69.3 Å². The molecule has 1 aliphatic heterocycles. The van der Waals surface area contributed by atoms with Gasteiger partial charge in [0.15, 0.2) is 0 Å². The number of hydrogen-bond acceptors (Lipinski definition) is 5. The van der Waals surface area contributed by atoms with Gasteiger partial charge in [-0.3, -0.25) is 9.59 Å². The second kappa shape index (κ2) is 10.7. The van der Waals surface area contributed by atoms with Gasteiger partial charge in [0, 0.05) is 12.1 Å². The third-order valence-electron chi connectivity index (χ3n) is 6.60. The van der Waals surface area contributed by atoms with Crippen molar-refractivity contribution in [1.82, 2.24) is 4.90 Å². The molecule has 0 spiro atoms. The Balaban J connectivity index is 1.84. The topological polar surface area (TPSA) is 76.1 Å². The third kappa shape index (κ3) is 5.59. The smallest absolute Gasteiger partial charge is 0.295 e. The fourth-order valence-corrected chi connectivity index (χ4v) is 4.67. The number of aliphatic hydroxyl groups excluding tert-OH is 1. The highest BCUT2D eigenvalue weighted by Gasteiger charge is 2.46. The van der Waals surface area contributed by atoms with Gasteiger partial charge in [0.25, 0.3) is 11.7 Å². The van der Waals surface area contributed by atoms with Crippen molar-refractivity contribution in [3.8, 4) is 11.5 Å². The number of likely N-dealkylation sites (tertiary alicyclic amines) is 1. The Bertz CT molecular complexity index is 1370. The van der Waals surface area contributed by atoms with Crippen LogP contribution in [0.2, 0.25) is 0 Å². The molecule has 1 atom stereocenters. The monoisotopic (exact) mass is 513 g/mol. The minimum absolute atomic E-state index is 0.0535. The van der Waals surface area contributed by atoms with Gasteiger partial charge in [0.2, 0.25) is 0 Å². The molecule has 0 aliphatic carbocycles. The number of methoxy groups -OCH3 is 1. The van der Waals surface area contributed by atoms with Crippen LogP contribution in [-0.2, 0) is 21.5 Å². The normalized spacial score (nSPS) is 17.2. The minimum Gasteiger partial charge on any atom is -0.507 e. The van der Waals surface area contributed by atoms with Crippen molar-refractivity contribution < 1.29 is 24.2 Å². The molecule has 0 radical (unpaired) electrons. The van der Waals surface area contributed by atoms with E-state index in [2.05, 4.69) is 20.8 Å². The summed E-state index contributed by atoms with van der Waals surface area (Å²) in [6.45, 7) is 10.4. The number of hydrogen-bond donors (Lipinski definition) is 1. The number of ketones is 1. The van der Waals surface area contributed by atoms with E-state index in [-0.39, 0.29) is 29.4 Å². The maximum absolute atomic E-state index is 13.5. The molecular formula is C32H35NO5. The predicted octanol–water partition coefficient (Wildman–Crippen LogP) is 6.40. The zero-order chi connectivity index (χ0) is 27.6. The Morgan fingerprint density at radius 1 is 0.947 bits per heavy atom. The summed E-state index contributed by atoms with van der Waals surface area (Å²) in [4.78, 5) is 28.4.